The summed E-state index contributed by atoms with van der Waals surface area (Å²) >= 11 is 5.88. The monoisotopic (exact) mass is 443 g/mol. The molecular weight excluding hydrogens is 420 g/mol. The molecule has 2 aromatic rings. The van der Waals surface area contributed by atoms with Crippen molar-refractivity contribution in [2.24, 2.45) is 5.92 Å². The van der Waals surface area contributed by atoms with Gasteiger partial charge in [0.25, 0.3) is 11.8 Å². The second kappa shape index (κ2) is 11.8. The SMILES string of the molecule is CC(C)COc1ccc(C(=O)N/C(=C/c2ccc(Cl)cc2)C(=O)NCCC(=O)[O-])cc1. The second-order valence-corrected chi connectivity index (χ2v) is 7.61. The first-order valence-corrected chi connectivity index (χ1v) is 10.1. The minimum absolute atomic E-state index is 0.0363. The molecule has 0 spiro atoms. The number of carbonyl (C=O) groups is 3. The molecule has 8 heteroatoms. The summed E-state index contributed by atoms with van der Waals surface area (Å²) in [4.78, 5) is 35.8. The molecule has 0 fully saturated rings. The minimum Gasteiger partial charge on any atom is -0.550 e. The fourth-order valence-corrected chi connectivity index (χ4v) is 2.54. The Bertz CT molecular complexity index is 937. The largest absolute Gasteiger partial charge is 0.550 e. The van der Waals surface area contributed by atoms with Gasteiger partial charge in [0.05, 0.1) is 6.61 Å². The highest BCUT2D eigenvalue weighted by Gasteiger charge is 2.15. The molecule has 0 saturated heterocycles. The summed E-state index contributed by atoms with van der Waals surface area (Å²) in [5.74, 6) is -1.39. The van der Waals surface area contributed by atoms with Gasteiger partial charge in [-0.15, -0.1) is 0 Å². The van der Waals surface area contributed by atoms with E-state index < -0.39 is 17.8 Å². The van der Waals surface area contributed by atoms with E-state index in [1.165, 1.54) is 6.08 Å². The number of amides is 2. The zero-order valence-electron chi connectivity index (χ0n) is 17.3. The van der Waals surface area contributed by atoms with Gasteiger partial charge >= 0.3 is 0 Å². The predicted molar refractivity (Wildman–Crippen MR) is 116 cm³/mol. The Balaban J connectivity index is 2.15. The lowest BCUT2D eigenvalue weighted by atomic mass is 10.1. The summed E-state index contributed by atoms with van der Waals surface area (Å²) in [5, 5.41) is 16.1. The molecule has 0 aromatic heterocycles. The third-order valence-corrected chi connectivity index (χ3v) is 4.24. The Morgan fingerprint density at radius 3 is 2.29 bits per heavy atom. The van der Waals surface area contributed by atoms with Crippen molar-refractivity contribution in [2.45, 2.75) is 20.3 Å². The summed E-state index contributed by atoms with van der Waals surface area (Å²) in [7, 11) is 0. The maximum Gasteiger partial charge on any atom is 0.267 e. The lowest BCUT2D eigenvalue weighted by Crippen LogP contribution is -2.37. The van der Waals surface area contributed by atoms with Crippen LogP contribution in [0.3, 0.4) is 0 Å². The molecule has 2 rings (SSSR count). The van der Waals surface area contributed by atoms with Crippen LogP contribution in [0.4, 0.5) is 0 Å². The van der Waals surface area contributed by atoms with E-state index >= 15 is 0 Å². The van der Waals surface area contributed by atoms with Crippen LogP contribution in [0.25, 0.3) is 6.08 Å². The first-order valence-electron chi connectivity index (χ1n) is 9.74. The summed E-state index contributed by atoms with van der Waals surface area (Å²) in [6.45, 7) is 4.51. The lowest BCUT2D eigenvalue weighted by molar-refractivity contribution is -0.305. The second-order valence-electron chi connectivity index (χ2n) is 7.17. The highest BCUT2D eigenvalue weighted by Crippen LogP contribution is 2.15. The van der Waals surface area contributed by atoms with Crippen LogP contribution < -0.4 is 20.5 Å². The van der Waals surface area contributed by atoms with Crippen LogP contribution in [0.5, 0.6) is 5.75 Å². The number of carbonyl (C=O) groups excluding carboxylic acids is 3. The van der Waals surface area contributed by atoms with Crippen LogP contribution in [0.2, 0.25) is 5.02 Å². The molecule has 2 aromatic carbocycles. The Kier molecular flexibility index (Phi) is 9.09. The van der Waals surface area contributed by atoms with E-state index in [9.17, 15) is 19.5 Å². The molecule has 164 valence electrons. The van der Waals surface area contributed by atoms with Crippen molar-refractivity contribution < 1.29 is 24.2 Å². The molecule has 0 aliphatic rings. The molecule has 0 bridgehead atoms. The van der Waals surface area contributed by atoms with E-state index in [1.807, 2.05) is 13.8 Å². The molecule has 0 aliphatic carbocycles. The zero-order chi connectivity index (χ0) is 22.8. The van der Waals surface area contributed by atoms with Crippen LogP contribution >= 0.6 is 11.6 Å². The minimum atomic E-state index is -1.28. The van der Waals surface area contributed by atoms with Crippen molar-refractivity contribution in [3.05, 3.63) is 70.4 Å². The molecule has 0 heterocycles. The number of rotatable bonds is 10. The number of carboxylic acid groups (broad SMARTS) is 1. The number of halogens is 1. The first-order chi connectivity index (χ1) is 14.7. The molecule has 2 amide bonds. The van der Waals surface area contributed by atoms with Crippen LogP contribution in [0.1, 0.15) is 36.2 Å². The number of nitrogens with one attached hydrogen (secondary N) is 2. The topological polar surface area (TPSA) is 108 Å². The van der Waals surface area contributed by atoms with E-state index in [0.29, 0.717) is 34.4 Å². The molecule has 2 N–H and O–H groups in total. The fraction of sp³-hybridized carbons (Fsp3) is 0.261. The molecule has 0 unspecified atom stereocenters. The Labute approximate surface area is 186 Å². The van der Waals surface area contributed by atoms with Gasteiger partial charge in [-0.3, -0.25) is 9.59 Å². The molecule has 0 atom stereocenters. The first kappa shape index (κ1) is 24.0. The van der Waals surface area contributed by atoms with Gasteiger partial charge in [-0.2, -0.15) is 0 Å². The number of hydrogen-bond acceptors (Lipinski definition) is 5. The Hall–Kier alpha value is -3.32. The standard InChI is InChI=1S/C23H25ClN2O5/c1-15(2)14-31-19-9-5-17(6-10-19)22(29)26-20(23(30)25-12-11-21(27)28)13-16-3-7-18(24)8-4-16/h3-10,13,15H,11-12,14H2,1-2H3,(H,25,30)(H,26,29)(H,27,28)/p-1/b20-13+. The predicted octanol–water partition coefficient (Wildman–Crippen LogP) is 2.40. The van der Waals surface area contributed by atoms with Crippen molar-refractivity contribution in [3.8, 4) is 5.75 Å². The third-order valence-electron chi connectivity index (χ3n) is 3.99. The molecule has 0 aliphatic heterocycles. The average molecular weight is 444 g/mol. The van der Waals surface area contributed by atoms with Crippen molar-refractivity contribution >= 4 is 35.5 Å². The molecule has 31 heavy (non-hydrogen) atoms. The van der Waals surface area contributed by atoms with Crippen LogP contribution in [0.15, 0.2) is 54.2 Å². The number of hydrogen-bond donors (Lipinski definition) is 2. The number of carboxylic acids is 1. The highest BCUT2D eigenvalue weighted by atomic mass is 35.5. The smallest absolute Gasteiger partial charge is 0.267 e. The van der Waals surface area contributed by atoms with Crippen LogP contribution in [-0.4, -0.2) is 30.9 Å². The summed E-state index contributed by atoms with van der Waals surface area (Å²) in [6.07, 6.45) is 1.13. The quantitative estimate of drug-likeness (QED) is 0.548. The van der Waals surface area contributed by atoms with Gasteiger partial charge in [-0.25, -0.2) is 0 Å². The van der Waals surface area contributed by atoms with Crippen LogP contribution in [0, 0.1) is 5.92 Å². The molecule has 0 saturated carbocycles. The van der Waals surface area contributed by atoms with Crippen molar-refractivity contribution in [1.29, 1.82) is 0 Å². The van der Waals surface area contributed by atoms with E-state index in [1.54, 1.807) is 48.5 Å². The average Bonchev–Trinajstić information content (AvgIpc) is 2.73. The third kappa shape index (κ3) is 8.52. The molecular formula is C23H24ClN2O5-. The van der Waals surface area contributed by atoms with Gasteiger partial charge < -0.3 is 25.3 Å². The Morgan fingerprint density at radius 1 is 1.06 bits per heavy atom. The van der Waals surface area contributed by atoms with E-state index in [-0.39, 0.29) is 18.7 Å². The molecule has 7 nitrogen and oxygen atoms in total. The number of aliphatic carboxylic acids is 1. The normalized spacial score (nSPS) is 11.2. The fourth-order valence-electron chi connectivity index (χ4n) is 2.42. The van der Waals surface area contributed by atoms with E-state index in [4.69, 9.17) is 16.3 Å². The van der Waals surface area contributed by atoms with Gasteiger partial charge in [-0.05, 0) is 54.0 Å². The number of ether oxygens (including phenoxy) is 1. The van der Waals surface area contributed by atoms with Crippen molar-refractivity contribution in [1.82, 2.24) is 10.6 Å². The maximum atomic E-state index is 12.7. The Morgan fingerprint density at radius 2 is 1.71 bits per heavy atom. The number of benzene rings is 2. The maximum absolute atomic E-state index is 12.7. The van der Waals surface area contributed by atoms with Crippen LogP contribution in [-0.2, 0) is 9.59 Å². The van der Waals surface area contributed by atoms with E-state index in [0.717, 1.165) is 0 Å². The summed E-state index contributed by atoms with van der Waals surface area (Å²) in [6, 6.07) is 13.2. The zero-order valence-corrected chi connectivity index (χ0v) is 18.1. The highest BCUT2D eigenvalue weighted by molar-refractivity contribution is 6.30. The van der Waals surface area contributed by atoms with Gasteiger partial charge in [-0.1, -0.05) is 37.6 Å². The van der Waals surface area contributed by atoms with E-state index in [2.05, 4.69) is 10.6 Å². The van der Waals surface area contributed by atoms with Gasteiger partial charge in [0, 0.05) is 29.5 Å². The summed E-state index contributed by atoms with van der Waals surface area (Å²) < 4.78 is 5.60. The van der Waals surface area contributed by atoms with Gasteiger partial charge in [0.2, 0.25) is 0 Å². The van der Waals surface area contributed by atoms with Gasteiger partial charge in [0.15, 0.2) is 0 Å². The molecule has 0 radical (unpaired) electrons. The van der Waals surface area contributed by atoms with Crippen molar-refractivity contribution in [3.63, 3.8) is 0 Å². The lowest BCUT2D eigenvalue weighted by Gasteiger charge is -2.12. The summed E-state index contributed by atoms with van der Waals surface area (Å²) in [5.41, 5.74) is 0.930. The van der Waals surface area contributed by atoms with Gasteiger partial charge in [0.1, 0.15) is 11.4 Å². The van der Waals surface area contributed by atoms with Crippen molar-refractivity contribution in [2.75, 3.05) is 13.2 Å².